The van der Waals surface area contributed by atoms with Crippen LogP contribution in [-0.2, 0) is 0 Å². The molecule has 0 saturated carbocycles. The predicted octanol–water partition coefficient (Wildman–Crippen LogP) is 1.47. The highest BCUT2D eigenvalue weighted by Crippen LogP contribution is 2.24. The van der Waals surface area contributed by atoms with Crippen LogP contribution in [0.5, 0.6) is 5.75 Å². The van der Waals surface area contributed by atoms with Crippen molar-refractivity contribution < 1.29 is 5.11 Å². The second-order valence-corrected chi connectivity index (χ2v) is 4.09. The Morgan fingerprint density at radius 2 is 2.19 bits per heavy atom. The lowest BCUT2D eigenvalue weighted by molar-refractivity contribution is 0.433. The minimum atomic E-state index is 0.277. The molecular weight excluding hydrogens is 202 g/mol. The van der Waals surface area contributed by atoms with Gasteiger partial charge in [-0.3, -0.25) is 0 Å². The van der Waals surface area contributed by atoms with Crippen molar-refractivity contribution in [3.05, 3.63) is 36.3 Å². The van der Waals surface area contributed by atoms with E-state index in [9.17, 15) is 5.11 Å². The number of nitrogens with zero attached hydrogens (tertiary/aromatic N) is 1. The molecule has 1 aromatic heterocycles. The maximum atomic E-state index is 9.40. The van der Waals surface area contributed by atoms with Crippen molar-refractivity contribution in [2.45, 2.75) is 5.92 Å². The van der Waals surface area contributed by atoms with Gasteiger partial charge in [0.15, 0.2) is 0 Å². The van der Waals surface area contributed by atoms with E-state index in [4.69, 9.17) is 0 Å². The summed E-state index contributed by atoms with van der Waals surface area (Å²) in [6.45, 7) is 1.99. The topological polar surface area (TPSA) is 60.9 Å². The average molecular weight is 215 g/mol. The van der Waals surface area contributed by atoms with Crippen LogP contribution in [0.3, 0.4) is 0 Å². The second-order valence-electron chi connectivity index (χ2n) is 4.09. The molecule has 0 radical (unpaired) electrons. The molecule has 0 unspecified atom stereocenters. The van der Waals surface area contributed by atoms with Crippen LogP contribution >= 0.6 is 0 Å². The molecule has 1 fully saturated rings. The number of phenolic OH excluding ortho intramolecular Hbond substituents is 1. The highest BCUT2D eigenvalue weighted by Gasteiger charge is 2.21. The van der Waals surface area contributed by atoms with Gasteiger partial charge < -0.3 is 15.4 Å². The summed E-state index contributed by atoms with van der Waals surface area (Å²) in [6, 6.07) is 7.18. The van der Waals surface area contributed by atoms with Gasteiger partial charge in [-0.05, 0) is 12.1 Å². The number of aromatic nitrogens is 2. The molecule has 0 bridgehead atoms. The van der Waals surface area contributed by atoms with E-state index < -0.39 is 0 Å². The third kappa shape index (κ3) is 1.57. The van der Waals surface area contributed by atoms with E-state index in [1.54, 1.807) is 12.1 Å². The molecule has 0 atom stereocenters. The van der Waals surface area contributed by atoms with E-state index in [0.29, 0.717) is 5.92 Å². The summed E-state index contributed by atoms with van der Waals surface area (Å²) in [5, 5.41) is 12.6. The van der Waals surface area contributed by atoms with Crippen molar-refractivity contribution in [1.82, 2.24) is 15.3 Å². The number of nitrogens with one attached hydrogen (secondary N) is 2. The Hall–Kier alpha value is -1.81. The lowest BCUT2D eigenvalue weighted by Gasteiger charge is -2.24. The van der Waals surface area contributed by atoms with E-state index in [2.05, 4.69) is 15.3 Å². The van der Waals surface area contributed by atoms with Crippen molar-refractivity contribution in [3.8, 4) is 17.0 Å². The molecule has 16 heavy (non-hydrogen) atoms. The third-order valence-corrected chi connectivity index (χ3v) is 2.92. The number of H-pyrrole nitrogens is 1. The van der Waals surface area contributed by atoms with Crippen LogP contribution in [0.1, 0.15) is 11.7 Å². The van der Waals surface area contributed by atoms with Gasteiger partial charge in [0.1, 0.15) is 11.6 Å². The van der Waals surface area contributed by atoms with Crippen LogP contribution in [-0.4, -0.2) is 28.2 Å². The lowest BCUT2D eigenvalue weighted by Crippen LogP contribution is -2.40. The normalized spacial score (nSPS) is 16.0. The average Bonchev–Trinajstić information content (AvgIpc) is 2.64. The maximum Gasteiger partial charge on any atom is 0.116 e. The van der Waals surface area contributed by atoms with Crippen LogP contribution in [0.25, 0.3) is 11.3 Å². The zero-order valence-electron chi connectivity index (χ0n) is 8.77. The van der Waals surface area contributed by atoms with Crippen LogP contribution in [0, 0.1) is 0 Å². The second kappa shape index (κ2) is 3.64. The molecule has 1 aromatic carbocycles. The van der Waals surface area contributed by atoms with Gasteiger partial charge >= 0.3 is 0 Å². The quantitative estimate of drug-likeness (QED) is 0.711. The van der Waals surface area contributed by atoms with Gasteiger partial charge in [-0.1, -0.05) is 12.1 Å². The standard InChI is InChI=1S/C12H13N3O/c16-10-3-1-2-8(4-10)11-7-14-12(15-11)9-5-13-6-9/h1-4,7,9,13,16H,5-6H2,(H,14,15). The molecule has 1 saturated heterocycles. The number of hydrogen-bond donors (Lipinski definition) is 3. The van der Waals surface area contributed by atoms with Gasteiger partial charge in [-0.2, -0.15) is 0 Å². The SMILES string of the molecule is Oc1cccc(-c2cnc(C3CNC3)[nH]2)c1. The first-order chi connectivity index (χ1) is 7.83. The molecule has 82 valence electrons. The van der Waals surface area contributed by atoms with E-state index in [1.807, 2.05) is 18.3 Å². The summed E-state index contributed by atoms with van der Waals surface area (Å²) in [5.41, 5.74) is 1.92. The maximum absolute atomic E-state index is 9.40. The van der Waals surface area contributed by atoms with Crippen molar-refractivity contribution >= 4 is 0 Å². The fourth-order valence-electron chi connectivity index (χ4n) is 1.85. The van der Waals surface area contributed by atoms with Gasteiger partial charge in [0.05, 0.1) is 11.9 Å². The summed E-state index contributed by atoms with van der Waals surface area (Å²) in [7, 11) is 0. The number of hydrogen-bond acceptors (Lipinski definition) is 3. The number of aromatic amines is 1. The Bertz CT molecular complexity index is 502. The molecular formula is C12H13N3O. The summed E-state index contributed by atoms with van der Waals surface area (Å²) >= 11 is 0. The van der Waals surface area contributed by atoms with Crippen molar-refractivity contribution in [2.24, 2.45) is 0 Å². The van der Waals surface area contributed by atoms with E-state index >= 15 is 0 Å². The molecule has 4 nitrogen and oxygen atoms in total. The molecule has 0 spiro atoms. The largest absolute Gasteiger partial charge is 0.508 e. The van der Waals surface area contributed by atoms with E-state index in [0.717, 1.165) is 30.2 Å². The minimum absolute atomic E-state index is 0.277. The van der Waals surface area contributed by atoms with Crippen LogP contribution in [0.4, 0.5) is 0 Å². The summed E-state index contributed by atoms with van der Waals surface area (Å²) in [4.78, 5) is 7.66. The Morgan fingerprint density at radius 3 is 2.88 bits per heavy atom. The highest BCUT2D eigenvalue weighted by atomic mass is 16.3. The van der Waals surface area contributed by atoms with Crippen LogP contribution in [0.15, 0.2) is 30.5 Å². The first kappa shape index (κ1) is 9.42. The first-order valence-electron chi connectivity index (χ1n) is 5.38. The number of imidazole rings is 1. The fourth-order valence-corrected chi connectivity index (χ4v) is 1.85. The van der Waals surface area contributed by atoms with Crippen molar-refractivity contribution in [1.29, 1.82) is 0 Å². The Labute approximate surface area is 93.4 Å². The zero-order chi connectivity index (χ0) is 11.0. The number of aromatic hydroxyl groups is 1. The van der Waals surface area contributed by atoms with Crippen molar-refractivity contribution in [3.63, 3.8) is 0 Å². The summed E-state index contributed by atoms with van der Waals surface area (Å²) < 4.78 is 0. The summed E-state index contributed by atoms with van der Waals surface area (Å²) in [5.74, 6) is 1.81. The molecule has 1 aliphatic rings. The molecule has 1 aliphatic heterocycles. The molecule has 4 heteroatoms. The van der Waals surface area contributed by atoms with Gasteiger partial charge in [0.25, 0.3) is 0 Å². The fraction of sp³-hybridized carbons (Fsp3) is 0.250. The third-order valence-electron chi connectivity index (χ3n) is 2.92. The zero-order valence-corrected chi connectivity index (χ0v) is 8.77. The van der Waals surface area contributed by atoms with E-state index in [-0.39, 0.29) is 5.75 Å². The molecule has 0 aliphatic carbocycles. The minimum Gasteiger partial charge on any atom is -0.508 e. The molecule has 2 aromatic rings. The Balaban J connectivity index is 1.91. The molecule has 0 amide bonds. The molecule has 2 heterocycles. The number of rotatable bonds is 2. The van der Waals surface area contributed by atoms with Gasteiger partial charge in [0, 0.05) is 24.6 Å². The van der Waals surface area contributed by atoms with Gasteiger partial charge in [0.2, 0.25) is 0 Å². The van der Waals surface area contributed by atoms with Crippen LogP contribution in [0.2, 0.25) is 0 Å². The van der Waals surface area contributed by atoms with Crippen LogP contribution < -0.4 is 5.32 Å². The monoisotopic (exact) mass is 215 g/mol. The predicted molar refractivity (Wildman–Crippen MR) is 61.3 cm³/mol. The summed E-state index contributed by atoms with van der Waals surface area (Å²) in [6.07, 6.45) is 1.82. The van der Waals surface area contributed by atoms with Gasteiger partial charge in [-0.15, -0.1) is 0 Å². The Morgan fingerprint density at radius 1 is 1.31 bits per heavy atom. The Kier molecular flexibility index (Phi) is 2.15. The van der Waals surface area contributed by atoms with Gasteiger partial charge in [-0.25, -0.2) is 4.98 Å². The van der Waals surface area contributed by atoms with Crippen molar-refractivity contribution in [2.75, 3.05) is 13.1 Å². The number of phenols is 1. The number of benzene rings is 1. The van der Waals surface area contributed by atoms with E-state index in [1.165, 1.54) is 0 Å². The highest BCUT2D eigenvalue weighted by molar-refractivity contribution is 5.60. The first-order valence-corrected chi connectivity index (χ1v) is 5.38. The smallest absolute Gasteiger partial charge is 0.116 e. The molecule has 3 N–H and O–H groups in total. The lowest BCUT2D eigenvalue weighted by atomic mass is 10.0. The molecule has 3 rings (SSSR count).